The molecular formula is C11H20O2. The van der Waals surface area contributed by atoms with Crippen LogP contribution in [-0.4, -0.2) is 22.9 Å². The van der Waals surface area contributed by atoms with E-state index in [1.54, 1.807) is 0 Å². The summed E-state index contributed by atoms with van der Waals surface area (Å²) in [6, 6.07) is 0. The summed E-state index contributed by atoms with van der Waals surface area (Å²) < 4.78 is 0. The molecule has 2 bridgehead atoms. The number of rotatable bonds is 2. The maximum Gasteiger partial charge on any atom is 0.0599 e. The van der Waals surface area contributed by atoms with Gasteiger partial charge in [-0.15, -0.1) is 0 Å². The van der Waals surface area contributed by atoms with E-state index in [0.717, 1.165) is 12.8 Å². The number of hydrogen-bond acceptors (Lipinski definition) is 2. The normalized spacial score (nSPS) is 44.8. The van der Waals surface area contributed by atoms with Crippen molar-refractivity contribution in [2.45, 2.75) is 44.6 Å². The lowest BCUT2D eigenvalue weighted by Gasteiger charge is -2.20. The topological polar surface area (TPSA) is 40.5 Å². The molecule has 0 radical (unpaired) electrons. The molecule has 2 aliphatic carbocycles. The molecule has 4 atom stereocenters. The third-order valence-electron chi connectivity index (χ3n) is 3.99. The standard InChI is InChI=1S/C11H20O2/c12-6-5-8-7-9-3-1-2-4-10(8)11(9)13/h8-13H,1-7H2/t8-,9-,10+,11+/m0/s1. The van der Waals surface area contributed by atoms with Crippen molar-refractivity contribution in [1.82, 2.24) is 0 Å². The Morgan fingerprint density at radius 1 is 1.15 bits per heavy atom. The first-order chi connectivity index (χ1) is 6.33. The Morgan fingerprint density at radius 2 is 1.92 bits per heavy atom. The number of fused-ring (bicyclic) bond motifs is 2. The van der Waals surface area contributed by atoms with Gasteiger partial charge in [-0.25, -0.2) is 0 Å². The predicted molar refractivity (Wildman–Crippen MR) is 51.3 cm³/mol. The van der Waals surface area contributed by atoms with Crippen LogP contribution in [-0.2, 0) is 0 Å². The molecular weight excluding hydrogens is 164 g/mol. The lowest BCUT2D eigenvalue weighted by Crippen LogP contribution is -2.21. The fourth-order valence-electron chi connectivity index (χ4n) is 3.31. The van der Waals surface area contributed by atoms with Crippen LogP contribution < -0.4 is 0 Å². The molecule has 2 nitrogen and oxygen atoms in total. The monoisotopic (exact) mass is 184 g/mol. The van der Waals surface area contributed by atoms with Crippen LogP contribution in [0.5, 0.6) is 0 Å². The summed E-state index contributed by atoms with van der Waals surface area (Å²) in [5.74, 6) is 1.65. The van der Waals surface area contributed by atoms with E-state index in [1.165, 1.54) is 25.7 Å². The molecule has 0 aromatic carbocycles. The van der Waals surface area contributed by atoms with Gasteiger partial charge >= 0.3 is 0 Å². The van der Waals surface area contributed by atoms with Crippen molar-refractivity contribution in [1.29, 1.82) is 0 Å². The van der Waals surface area contributed by atoms with Crippen molar-refractivity contribution in [3.63, 3.8) is 0 Å². The van der Waals surface area contributed by atoms with E-state index in [9.17, 15) is 5.11 Å². The molecule has 13 heavy (non-hydrogen) atoms. The Labute approximate surface area is 80.0 Å². The summed E-state index contributed by atoms with van der Waals surface area (Å²) >= 11 is 0. The summed E-state index contributed by atoms with van der Waals surface area (Å²) in [5, 5.41) is 18.9. The maximum absolute atomic E-state index is 10.0. The second-order valence-corrected chi connectivity index (χ2v) is 4.71. The molecule has 2 rings (SSSR count). The van der Waals surface area contributed by atoms with Crippen LogP contribution in [0.25, 0.3) is 0 Å². The van der Waals surface area contributed by atoms with E-state index in [-0.39, 0.29) is 6.10 Å². The van der Waals surface area contributed by atoms with Crippen LogP contribution in [0, 0.1) is 17.8 Å². The lowest BCUT2D eigenvalue weighted by molar-refractivity contribution is 0.0820. The summed E-state index contributed by atoms with van der Waals surface area (Å²) in [6.07, 6.45) is 6.97. The first-order valence-corrected chi connectivity index (χ1v) is 5.62. The molecule has 2 heteroatoms. The number of aliphatic hydroxyl groups is 2. The van der Waals surface area contributed by atoms with E-state index < -0.39 is 0 Å². The summed E-state index contributed by atoms with van der Waals surface area (Å²) in [6.45, 7) is 0.292. The van der Waals surface area contributed by atoms with Gasteiger partial charge in [0.2, 0.25) is 0 Å². The van der Waals surface area contributed by atoms with Crippen molar-refractivity contribution in [2.24, 2.45) is 17.8 Å². The molecule has 0 aliphatic heterocycles. The van der Waals surface area contributed by atoms with Gasteiger partial charge in [0.05, 0.1) is 6.10 Å². The molecule has 0 spiro atoms. The summed E-state index contributed by atoms with van der Waals surface area (Å²) in [5.41, 5.74) is 0. The van der Waals surface area contributed by atoms with Gasteiger partial charge in [-0.1, -0.05) is 12.8 Å². The molecule has 2 saturated carbocycles. The third kappa shape index (κ3) is 1.75. The fraction of sp³-hybridized carbons (Fsp3) is 1.00. The predicted octanol–water partition coefficient (Wildman–Crippen LogP) is 1.56. The van der Waals surface area contributed by atoms with Gasteiger partial charge in [-0.2, -0.15) is 0 Å². The Bertz CT molecular complexity index is 169. The smallest absolute Gasteiger partial charge is 0.0599 e. The molecule has 76 valence electrons. The van der Waals surface area contributed by atoms with E-state index in [0.29, 0.717) is 24.4 Å². The Hall–Kier alpha value is -0.0800. The van der Waals surface area contributed by atoms with Crippen molar-refractivity contribution in [3.8, 4) is 0 Å². The molecule has 0 heterocycles. The van der Waals surface area contributed by atoms with Crippen molar-refractivity contribution < 1.29 is 10.2 Å². The maximum atomic E-state index is 10.0. The molecule has 2 aliphatic rings. The minimum atomic E-state index is -0.0564. The van der Waals surface area contributed by atoms with Crippen LogP contribution in [0.1, 0.15) is 38.5 Å². The summed E-state index contributed by atoms with van der Waals surface area (Å²) in [4.78, 5) is 0. The molecule has 0 aromatic heterocycles. The minimum Gasteiger partial charge on any atom is -0.396 e. The van der Waals surface area contributed by atoms with E-state index in [2.05, 4.69) is 0 Å². The van der Waals surface area contributed by atoms with Gasteiger partial charge in [0.1, 0.15) is 0 Å². The van der Waals surface area contributed by atoms with Crippen LogP contribution >= 0.6 is 0 Å². The van der Waals surface area contributed by atoms with Gasteiger partial charge in [0, 0.05) is 6.61 Å². The highest BCUT2D eigenvalue weighted by Crippen LogP contribution is 2.45. The molecule has 0 unspecified atom stereocenters. The molecule has 2 N–H and O–H groups in total. The Morgan fingerprint density at radius 3 is 2.69 bits per heavy atom. The Balaban J connectivity index is 2.02. The highest BCUT2D eigenvalue weighted by atomic mass is 16.3. The quantitative estimate of drug-likeness (QED) is 0.683. The fourth-order valence-corrected chi connectivity index (χ4v) is 3.31. The Kier molecular flexibility index (Phi) is 2.89. The van der Waals surface area contributed by atoms with Crippen molar-refractivity contribution >= 4 is 0 Å². The zero-order valence-corrected chi connectivity index (χ0v) is 8.15. The molecule has 0 aromatic rings. The van der Waals surface area contributed by atoms with Gasteiger partial charge in [-0.3, -0.25) is 0 Å². The average molecular weight is 184 g/mol. The highest BCUT2D eigenvalue weighted by Gasteiger charge is 2.42. The first kappa shape index (κ1) is 9.47. The zero-order chi connectivity index (χ0) is 9.26. The van der Waals surface area contributed by atoms with Gasteiger partial charge < -0.3 is 10.2 Å². The SMILES string of the molecule is OCC[C@H]1C[C@@H]2CCCC[C@H]1[C@@H]2O. The van der Waals surface area contributed by atoms with Crippen LogP contribution in [0.3, 0.4) is 0 Å². The van der Waals surface area contributed by atoms with Gasteiger partial charge in [-0.05, 0) is 43.4 Å². The van der Waals surface area contributed by atoms with Crippen LogP contribution in [0.15, 0.2) is 0 Å². The van der Waals surface area contributed by atoms with Crippen LogP contribution in [0.2, 0.25) is 0 Å². The molecule has 0 saturated heterocycles. The second kappa shape index (κ2) is 3.97. The molecule has 0 amide bonds. The van der Waals surface area contributed by atoms with Crippen LogP contribution in [0.4, 0.5) is 0 Å². The van der Waals surface area contributed by atoms with E-state index in [4.69, 9.17) is 5.11 Å². The number of hydrogen-bond donors (Lipinski definition) is 2. The summed E-state index contributed by atoms with van der Waals surface area (Å²) in [7, 11) is 0. The minimum absolute atomic E-state index is 0.0564. The van der Waals surface area contributed by atoms with Gasteiger partial charge in [0.25, 0.3) is 0 Å². The largest absolute Gasteiger partial charge is 0.396 e. The van der Waals surface area contributed by atoms with Crippen molar-refractivity contribution in [3.05, 3.63) is 0 Å². The third-order valence-corrected chi connectivity index (χ3v) is 3.99. The number of aliphatic hydroxyl groups excluding tert-OH is 2. The zero-order valence-electron chi connectivity index (χ0n) is 8.15. The highest BCUT2D eigenvalue weighted by molar-refractivity contribution is 4.92. The van der Waals surface area contributed by atoms with Crippen molar-refractivity contribution in [2.75, 3.05) is 6.61 Å². The lowest BCUT2D eigenvalue weighted by atomic mass is 9.87. The average Bonchev–Trinajstić information content (AvgIpc) is 2.28. The van der Waals surface area contributed by atoms with Gasteiger partial charge in [0.15, 0.2) is 0 Å². The van der Waals surface area contributed by atoms with E-state index in [1.807, 2.05) is 0 Å². The van der Waals surface area contributed by atoms with E-state index >= 15 is 0 Å². The first-order valence-electron chi connectivity index (χ1n) is 5.62. The molecule has 2 fully saturated rings. The second-order valence-electron chi connectivity index (χ2n) is 4.71.